The third kappa shape index (κ3) is 3.73. The van der Waals surface area contributed by atoms with E-state index in [2.05, 4.69) is 10.6 Å². The van der Waals surface area contributed by atoms with Gasteiger partial charge in [0.05, 0.1) is 11.4 Å². The summed E-state index contributed by atoms with van der Waals surface area (Å²) in [5.41, 5.74) is 1.32. The van der Waals surface area contributed by atoms with Crippen LogP contribution in [0, 0.1) is 0 Å². The number of carbonyl (C=O) groups is 3. The first-order chi connectivity index (χ1) is 11.6. The fourth-order valence-corrected chi connectivity index (χ4v) is 3.06. The Morgan fingerprint density at radius 2 is 1.83 bits per heavy atom. The molecule has 0 saturated carbocycles. The molecule has 0 unspecified atom stereocenters. The number of amides is 3. The highest BCUT2D eigenvalue weighted by Gasteiger charge is 2.27. The van der Waals surface area contributed by atoms with Crippen LogP contribution >= 0.6 is 0 Å². The molecule has 1 aromatic rings. The lowest BCUT2D eigenvalue weighted by Crippen LogP contribution is -2.42. The third-order valence-corrected chi connectivity index (χ3v) is 4.32. The number of carbonyl (C=O) groups excluding carboxylic acids is 3. The van der Waals surface area contributed by atoms with Crippen molar-refractivity contribution in [3.8, 4) is 0 Å². The summed E-state index contributed by atoms with van der Waals surface area (Å²) in [6.45, 7) is 3.12. The van der Waals surface area contributed by atoms with Crippen molar-refractivity contribution >= 4 is 29.1 Å². The molecule has 3 amide bonds. The molecule has 1 aromatic carbocycles. The van der Waals surface area contributed by atoms with Crippen LogP contribution in [0.5, 0.6) is 0 Å². The Morgan fingerprint density at radius 1 is 1.04 bits per heavy atom. The zero-order valence-electron chi connectivity index (χ0n) is 13.6. The first kappa shape index (κ1) is 16.4. The minimum Gasteiger partial charge on any atom is -0.341 e. The van der Waals surface area contributed by atoms with Crippen molar-refractivity contribution in [1.29, 1.82) is 0 Å². The Bertz CT molecular complexity index is 638. The largest absolute Gasteiger partial charge is 0.341 e. The highest BCUT2D eigenvalue weighted by Crippen LogP contribution is 2.29. The van der Waals surface area contributed by atoms with Crippen LogP contribution in [0.3, 0.4) is 0 Å². The van der Waals surface area contributed by atoms with E-state index in [1.807, 2.05) is 17.0 Å². The number of nitrogens with zero attached hydrogens (tertiary/aromatic N) is 2. The lowest BCUT2D eigenvalue weighted by atomic mass is 10.1. The average Bonchev–Trinajstić information content (AvgIpc) is 2.88. The molecule has 2 N–H and O–H groups in total. The molecule has 2 aliphatic heterocycles. The van der Waals surface area contributed by atoms with Crippen molar-refractivity contribution < 1.29 is 14.4 Å². The van der Waals surface area contributed by atoms with E-state index in [9.17, 15) is 14.4 Å². The highest BCUT2D eigenvalue weighted by molar-refractivity contribution is 6.10. The van der Waals surface area contributed by atoms with E-state index in [1.54, 1.807) is 12.1 Å². The van der Waals surface area contributed by atoms with Crippen LogP contribution in [0.2, 0.25) is 0 Å². The summed E-state index contributed by atoms with van der Waals surface area (Å²) in [6.07, 6.45) is 1.23. The predicted octanol–water partition coefficient (Wildman–Crippen LogP) is 0.574. The standard InChI is InChI=1S/C17H22N4O3/c22-15-12-21(14-5-2-1-4-13(14)19-15)17(24)7-6-16(23)20-10-3-8-18-9-11-20/h1-2,4-5,18H,3,6-12H2,(H,19,22). The molecule has 0 aromatic heterocycles. The SMILES string of the molecule is O=C1CN(C(=O)CCC(=O)N2CCCNCC2)c2ccccc2N1. The van der Waals surface area contributed by atoms with Crippen molar-refractivity contribution in [1.82, 2.24) is 10.2 Å². The number of benzene rings is 1. The van der Waals surface area contributed by atoms with Crippen molar-refractivity contribution in [2.24, 2.45) is 0 Å². The predicted molar refractivity (Wildman–Crippen MR) is 90.7 cm³/mol. The summed E-state index contributed by atoms with van der Waals surface area (Å²) >= 11 is 0. The molecular weight excluding hydrogens is 308 g/mol. The van der Waals surface area contributed by atoms with Crippen LogP contribution in [0.1, 0.15) is 19.3 Å². The Morgan fingerprint density at radius 3 is 2.71 bits per heavy atom. The zero-order chi connectivity index (χ0) is 16.9. The summed E-state index contributed by atoms with van der Waals surface area (Å²) in [7, 11) is 0. The molecule has 0 spiro atoms. The lowest BCUT2D eigenvalue weighted by Gasteiger charge is -2.29. The van der Waals surface area contributed by atoms with Gasteiger partial charge in [-0.3, -0.25) is 14.4 Å². The maximum Gasteiger partial charge on any atom is 0.244 e. The van der Waals surface area contributed by atoms with Gasteiger partial charge < -0.3 is 20.4 Å². The first-order valence-electron chi connectivity index (χ1n) is 8.33. The zero-order valence-corrected chi connectivity index (χ0v) is 13.6. The second-order valence-electron chi connectivity index (χ2n) is 6.03. The molecular formula is C17H22N4O3. The van der Waals surface area contributed by atoms with Crippen LogP contribution in [-0.4, -0.2) is 55.3 Å². The fourth-order valence-electron chi connectivity index (χ4n) is 3.06. The second-order valence-corrected chi connectivity index (χ2v) is 6.03. The molecule has 7 heteroatoms. The van der Waals surface area contributed by atoms with Gasteiger partial charge in [0.15, 0.2) is 0 Å². The highest BCUT2D eigenvalue weighted by atomic mass is 16.2. The Balaban J connectivity index is 1.61. The number of para-hydroxylation sites is 2. The van der Waals surface area contributed by atoms with E-state index in [0.717, 1.165) is 26.1 Å². The van der Waals surface area contributed by atoms with Gasteiger partial charge in [0, 0.05) is 32.5 Å². The van der Waals surface area contributed by atoms with Gasteiger partial charge in [0.1, 0.15) is 6.54 Å². The van der Waals surface area contributed by atoms with Crippen molar-refractivity contribution in [2.45, 2.75) is 19.3 Å². The van der Waals surface area contributed by atoms with Crippen LogP contribution in [0.15, 0.2) is 24.3 Å². The van der Waals surface area contributed by atoms with Gasteiger partial charge in [-0.2, -0.15) is 0 Å². The molecule has 128 valence electrons. The monoisotopic (exact) mass is 330 g/mol. The van der Waals surface area contributed by atoms with E-state index < -0.39 is 0 Å². The Hall–Kier alpha value is -2.41. The quantitative estimate of drug-likeness (QED) is 0.849. The molecule has 3 rings (SSSR count). The third-order valence-electron chi connectivity index (χ3n) is 4.32. The normalized spacial score (nSPS) is 17.8. The van der Waals surface area contributed by atoms with E-state index in [4.69, 9.17) is 0 Å². The molecule has 0 atom stereocenters. The molecule has 1 fully saturated rings. The number of fused-ring (bicyclic) bond motifs is 1. The van der Waals surface area contributed by atoms with Crippen molar-refractivity contribution in [3.63, 3.8) is 0 Å². The van der Waals surface area contributed by atoms with E-state index in [0.29, 0.717) is 17.9 Å². The molecule has 0 aliphatic carbocycles. The minimum absolute atomic E-state index is 0.00166. The summed E-state index contributed by atoms with van der Waals surface area (Å²) in [5.74, 6) is -0.410. The van der Waals surface area contributed by atoms with Crippen LogP contribution in [0.4, 0.5) is 11.4 Å². The number of hydrogen-bond donors (Lipinski definition) is 2. The van der Waals surface area contributed by atoms with Gasteiger partial charge in [0.25, 0.3) is 0 Å². The van der Waals surface area contributed by atoms with Crippen molar-refractivity contribution in [2.75, 3.05) is 42.9 Å². The molecule has 2 aliphatic rings. The number of nitrogens with one attached hydrogen (secondary N) is 2. The lowest BCUT2D eigenvalue weighted by molar-refractivity contribution is -0.133. The summed E-state index contributed by atoms with van der Waals surface area (Å²) < 4.78 is 0. The summed E-state index contributed by atoms with van der Waals surface area (Å²) in [6, 6.07) is 7.20. The maximum atomic E-state index is 12.5. The summed E-state index contributed by atoms with van der Waals surface area (Å²) in [5, 5.41) is 6.00. The maximum absolute atomic E-state index is 12.5. The van der Waals surface area contributed by atoms with Crippen LogP contribution in [0.25, 0.3) is 0 Å². The molecule has 7 nitrogen and oxygen atoms in total. The first-order valence-corrected chi connectivity index (χ1v) is 8.33. The Labute approximate surface area is 141 Å². The molecule has 1 saturated heterocycles. The molecule has 24 heavy (non-hydrogen) atoms. The van der Waals surface area contributed by atoms with Gasteiger partial charge in [-0.25, -0.2) is 0 Å². The van der Waals surface area contributed by atoms with E-state index in [1.165, 1.54) is 4.90 Å². The average molecular weight is 330 g/mol. The van der Waals surface area contributed by atoms with Gasteiger partial charge in [-0.1, -0.05) is 12.1 Å². The summed E-state index contributed by atoms with van der Waals surface area (Å²) in [4.78, 5) is 39.9. The molecule has 0 radical (unpaired) electrons. The van der Waals surface area contributed by atoms with Gasteiger partial charge >= 0.3 is 0 Å². The van der Waals surface area contributed by atoms with Gasteiger partial charge in [0.2, 0.25) is 17.7 Å². The fraction of sp³-hybridized carbons (Fsp3) is 0.471. The number of anilines is 2. The van der Waals surface area contributed by atoms with E-state index in [-0.39, 0.29) is 37.1 Å². The van der Waals surface area contributed by atoms with Crippen LogP contribution < -0.4 is 15.5 Å². The topological polar surface area (TPSA) is 81.8 Å². The van der Waals surface area contributed by atoms with E-state index >= 15 is 0 Å². The smallest absolute Gasteiger partial charge is 0.244 e. The second kappa shape index (κ2) is 7.44. The van der Waals surface area contributed by atoms with Crippen LogP contribution in [-0.2, 0) is 14.4 Å². The number of rotatable bonds is 3. The number of hydrogen-bond acceptors (Lipinski definition) is 4. The van der Waals surface area contributed by atoms with Crippen molar-refractivity contribution in [3.05, 3.63) is 24.3 Å². The molecule has 2 heterocycles. The Kier molecular flexibility index (Phi) is 5.10. The van der Waals surface area contributed by atoms with Gasteiger partial charge in [-0.15, -0.1) is 0 Å². The van der Waals surface area contributed by atoms with Gasteiger partial charge in [-0.05, 0) is 25.1 Å². The minimum atomic E-state index is -0.216. The molecule has 0 bridgehead atoms.